The molecule has 2 heterocycles. The zero-order valence-electron chi connectivity index (χ0n) is 16.8. The minimum absolute atomic E-state index is 0.0104. The lowest BCUT2D eigenvalue weighted by Gasteiger charge is -2.13. The number of benzene rings is 2. The molecule has 0 fully saturated rings. The Kier molecular flexibility index (Phi) is 4.95. The van der Waals surface area contributed by atoms with Gasteiger partial charge < -0.3 is 9.15 Å². The Balaban J connectivity index is 1.71. The van der Waals surface area contributed by atoms with E-state index in [0.29, 0.717) is 21.9 Å². The molecule has 0 aliphatic heterocycles. The monoisotopic (exact) mass is 404 g/mol. The molecule has 30 heavy (non-hydrogen) atoms. The van der Waals surface area contributed by atoms with Gasteiger partial charge in [0.2, 0.25) is 0 Å². The Hall–Kier alpha value is -3.74. The minimum atomic E-state index is -0.694. The van der Waals surface area contributed by atoms with E-state index in [9.17, 15) is 14.4 Å². The van der Waals surface area contributed by atoms with Crippen LogP contribution < -0.4 is 11.2 Å². The van der Waals surface area contributed by atoms with E-state index in [1.54, 1.807) is 24.3 Å². The van der Waals surface area contributed by atoms with Crippen molar-refractivity contribution in [2.75, 3.05) is 0 Å². The predicted molar refractivity (Wildman–Crippen MR) is 113 cm³/mol. The average Bonchev–Trinajstić information content (AvgIpc) is 2.71. The number of aromatic amines is 1. The number of aryl methyl sites for hydroxylation is 1. The molecule has 1 N–H and O–H groups in total. The van der Waals surface area contributed by atoms with E-state index in [-0.39, 0.29) is 23.8 Å². The summed E-state index contributed by atoms with van der Waals surface area (Å²) in [4.78, 5) is 36.6. The first-order valence-corrected chi connectivity index (χ1v) is 9.57. The van der Waals surface area contributed by atoms with Gasteiger partial charge in [-0.05, 0) is 42.2 Å². The maximum absolute atomic E-state index is 12.7. The van der Waals surface area contributed by atoms with Crippen LogP contribution in [0.15, 0.2) is 56.5 Å². The van der Waals surface area contributed by atoms with Crippen LogP contribution in [0.3, 0.4) is 0 Å². The standard InChI is InChI=1S/C23H20N2O5/c1-12(2)17-10-18-14(9-20(26)30-19(18)8-13(17)3)11-29-23(28)21-15-6-4-5-7-16(15)22(27)25-24-21/h4-10,12H,11H2,1-3H3,(H,25,27). The Morgan fingerprint density at radius 1 is 1.10 bits per heavy atom. The van der Waals surface area contributed by atoms with E-state index in [2.05, 4.69) is 24.0 Å². The summed E-state index contributed by atoms with van der Waals surface area (Å²) in [5, 5.41) is 7.64. The van der Waals surface area contributed by atoms with Crippen LogP contribution in [0.1, 0.15) is 46.9 Å². The summed E-state index contributed by atoms with van der Waals surface area (Å²) >= 11 is 0. The summed E-state index contributed by atoms with van der Waals surface area (Å²) in [6.45, 7) is 6.00. The highest BCUT2D eigenvalue weighted by Gasteiger charge is 2.17. The molecular formula is C23H20N2O5. The average molecular weight is 404 g/mol. The predicted octanol–water partition coefficient (Wildman–Crippen LogP) is 3.82. The van der Waals surface area contributed by atoms with E-state index >= 15 is 0 Å². The molecule has 4 aromatic rings. The summed E-state index contributed by atoms with van der Waals surface area (Å²) in [6, 6.07) is 11.8. The fraction of sp³-hybridized carbons (Fsp3) is 0.217. The van der Waals surface area contributed by atoms with Crippen LogP contribution >= 0.6 is 0 Å². The molecule has 4 rings (SSSR count). The zero-order valence-corrected chi connectivity index (χ0v) is 16.8. The molecule has 0 amide bonds. The molecule has 0 bridgehead atoms. The number of ether oxygens (including phenoxy) is 1. The molecule has 0 saturated heterocycles. The first-order chi connectivity index (χ1) is 14.3. The van der Waals surface area contributed by atoms with Crippen molar-refractivity contribution in [3.63, 3.8) is 0 Å². The quantitative estimate of drug-likeness (QED) is 0.410. The molecule has 2 aromatic heterocycles. The van der Waals surface area contributed by atoms with E-state index < -0.39 is 11.6 Å². The Labute approximate surface area is 171 Å². The number of nitrogens with one attached hydrogen (secondary N) is 1. The van der Waals surface area contributed by atoms with Gasteiger partial charge in [0.15, 0.2) is 5.69 Å². The van der Waals surface area contributed by atoms with Gasteiger partial charge in [-0.2, -0.15) is 5.10 Å². The first-order valence-electron chi connectivity index (χ1n) is 9.57. The van der Waals surface area contributed by atoms with Crippen molar-refractivity contribution in [2.24, 2.45) is 0 Å². The van der Waals surface area contributed by atoms with E-state index in [0.717, 1.165) is 16.5 Å². The summed E-state index contributed by atoms with van der Waals surface area (Å²) in [5.74, 6) is -0.409. The summed E-state index contributed by atoms with van der Waals surface area (Å²) in [6.07, 6.45) is 0. The molecule has 0 spiro atoms. The van der Waals surface area contributed by atoms with Crippen LogP contribution in [0, 0.1) is 6.92 Å². The number of carbonyl (C=O) groups is 1. The van der Waals surface area contributed by atoms with Gasteiger partial charge in [0.1, 0.15) is 12.2 Å². The van der Waals surface area contributed by atoms with Crippen LogP contribution in [-0.2, 0) is 11.3 Å². The second-order valence-electron chi connectivity index (χ2n) is 7.47. The number of hydrogen-bond donors (Lipinski definition) is 1. The van der Waals surface area contributed by atoms with Crippen molar-refractivity contribution in [3.05, 3.63) is 85.6 Å². The lowest BCUT2D eigenvalue weighted by Crippen LogP contribution is -2.16. The Morgan fingerprint density at radius 2 is 1.83 bits per heavy atom. The van der Waals surface area contributed by atoms with Crippen LogP contribution in [0.4, 0.5) is 0 Å². The molecule has 0 radical (unpaired) electrons. The fourth-order valence-corrected chi connectivity index (χ4v) is 3.61. The Morgan fingerprint density at radius 3 is 2.57 bits per heavy atom. The van der Waals surface area contributed by atoms with Crippen molar-refractivity contribution in [2.45, 2.75) is 33.3 Å². The normalized spacial score (nSPS) is 11.3. The molecule has 0 aliphatic rings. The smallest absolute Gasteiger partial charge is 0.359 e. The highest BCUT2D eigenvalue weighted by Crippen LogP contribution is 2.27. The third kappa shape index (κ3) is 3.50. The summed E-state index contributed by atoms with van der Waals surface area (Å²) in [5.41, 5.74) is 2.25. The number of aromatic nitrogens is 2. The van der Waals surface area contributed by atoms with Crippen molar-refractivity contribution in [1.82, 2.24) is 10.2 Å². The molecule has 152 valence electrons. The third-order valence-electron chi connectivity index (χ3n) is 5.09. The summed E-state index contributed by atoms with van der Waals surface area (Å²) < 4.78 is 10.8. The van der Waals surface area contributed by atoms with Gasteiger partial charge in [0.25, 0.3) is 5.56 Å². The van der Waals surface area contributed by atoms with Gasteiger partial charge >= 0.3 is 11.6 Å². The molecule has 2 aromatic carbocycles. The molecular weight excluding hydrogens is 384 g/mol. The lowest BCUT2D eigenvalue weighted by molar-refractivity contribution is 0.0468. The number of H-pyrrole nitrogens is 1. The van der Waals surface area contributed by atoms with Crippen molar-refractivity contribution >= 4 is 27.7 Å². The SMILES string of the molecule is Cc1cc2oc(=O)cc(COC(=O)c3n[nH]c(=O)c4ccccc34)c2cc1C(C)C. The van der Waals surface area contributed by atoms with E-state index in [4.69, 9.17) is 9.15 Å². The number of fused-ring (bicyclic) bond motifs is 2. The molecule has 7 nitrogen and oxygen atoms in total. The highest BCUT2D eigenvalue weighted by atomic mass is 16.5. The van der Waals surface area contributed by atoms with Crippen LogP contribution in [0.5, 0.6) is 0 Å². The highest BCUT2D eigenvalue weighted by molar-refractivity contribution is 6.02. The maximum Gasteiger partial charge on any atom is 0.359 e. The van der Waals surface area contributed by atoms with Crippen molar-refractivity contribution in [3.8, 4) is 0 Å². The zero-order chi connectivity index (χ0) is 21.4. The number of nitrogens with zero attached hydrogens (tertiary/aromatic N) is 1. The Bertz CT molecular complexity index is 1400. The maximum atomic E-state index is 12.7. The molecule has 0 aliphatic carbocycles. The molecule has 0 saturated carbocycles. The van der Waals surface area contributed by atoms with Crippen molar-refractivity contribution < 1.29 is 13.9 Å². The molecule has 7 heteroatoms. The van der Waals surface area contributed by atoms with E-state index in [1.165, 1.54) is 6.07 Å². The van der Waals surface area contributed by atoms with Gasteiger partial charge in [-0.25, -0.2) is 14.7 Å². The fourth-order valence-electron chi connectivity index (χ4n) is 3.61. The van der Waals surface area contributed by atoms with Gasteiger partial charge in [-0.1, -0.05) is 32.0 Å². The van der Waals surface area contributed by atoms with Gasteiger partial charge in [-0.3, -0.25) is 4.79 Å². The number of carbonyl (C=O) groups excluding carboxylic acids is 1. The second kappa shape index (κ2) is 7.59. The van der Waals surface area contributed by atoms with Crippen molar-refractivity contribution in [1.29, 1.82) is 0 Å². The largest absolute Gasteiger partial charge is 0.456 e. The minimum Gasteiger partial charge on any atom is -0.456 e. The lowest BCUT2D eigenvalue weighted by atomic mass is 9.95. The first kappa shape index (κ1) is 19.6. The van der Waals surface area contributed by atoms with E-state index in [1.807, 2.05) is 19.1 Å². The van der Waals surface area contributed by atoms with Gasteiger partial charge in [-0.15, -0.1) is 0 Å². The molecule has 0 unspecified atom stereocenters. The van der Waals surface area contributed by atoms with Crippen LogP contribution in [-0.4, -0.2) is 16.2 Å². The van der Waals surface area contributed by atoms with Crippen LogP contribution in [0.25, 0.3) is 21.7 Å². The number of hydrogen-bond acceptors (Lipinski definition) is 6. The second-order valence-corrected chi connectivity index (χ2v) is 7.47. The topological polar surface area (TPSA) is 102 Å². The summed E-state index contributed by atoms with van der Waals surface area (Å²) in [7, 11) is 0. The third-order valence-corrected chi connectivity index (χ3v) is 5.09. The van der Waals surface area contributed by atoms with Gasteiger partial charge in [0.05, 0.1) is 5.39 Å². The van der Waals surface area contributed by atoms with Crippen LogP contribution in [0.2, 0.25) is 0 Å². The molecule has 0 atom stereocenters. The number of rotatable bonds is 4. The van der Waals surface area contributed by atoms with Gasteiger partial charge in [0, 0.05) is 22.4 Å². The number of esters is 1.